The van der Waals surface area contributed by atoms with Crippen LogP contribution in [0.15, 0.2) is 48.5 Å². The summed E-state index contributed by atoms with van der Waals surface area (Å²) in [4.78, 5) is 23.5. The van der Waals surface area contributed by atoms with Gasteiger partial charge in [-0.05, 0) is 42.8 Å². The number of phenolic OH excluding ortho intramolecular Hbond substituents is 1. The van der Waals surface area contributed by atoms with Crippen LogP contribution in [0.2, 0.25) is 0 Å². The smallest absolute Gasteiger partial charge is 0.314 e. The lowest BCUT2D eigenvalue weighted by Crippen LogP contribution is -2.29. The van der Waals surface area contributed by atoms with Gasteiger partial charge in [-0.3, -0.25) is 9.59 Å². The lowest BCUT2D eigenvalue weighted by molar-refractivity contribution is -0.133. The van der Waals surface area contributed by atoms with Crippen LogP contribution in [0.1, 0.15) is 5.56 Å². The van der Waals surface area contributed by atoms with Gasteiger partial charge in [-0.25, -0.2) is 0 Å². The predicted molar refractivity (Wildman–Crippen MR) is 76.5 cm³/mol. The maximum absolute atomic E-state index is 11.8. The average Bonchev–Trinajstić information content (AvgIpc) is 2.44. The Hall–Kier alpha value is -2.82. The fourth-order valence-electron chi connectivity index (χ4n) is 1.62. The molecule has 2 aromatic rings. The summed E-state index contributed by atoms with van der Waals surface area (Å²) >= 11 is 0. The minimum absolute atomic E-state index is 0.0901. The molecular weight excluding hydrogens is 256 g/mol. The van der Waals surface area contributed by atoms with E-state index in [-0.39, 0.29) is 5.75 Å². The zero-order valence-electron chi connectivity index (χ0n) is 10.9. The van der Waals surface area contributed by atoms with E-state index in [0.29, 0.717) is 11.4 Å². The summed E-state index contributed by atoms with van der Waals surface area (Å²) in [7, 11) is 0. The molecule has 0 atom stereocenters. The monoisotopic (exact) mass is 270 g/mol. The van der Waals surface area contributed by atoms with Gasteiger partial charge in [-0.1, -0.05) is 18.2 Å². The van der Waals surface area contributed by atoms with Gasteiger partial charge in [0.1, 0.15) is 5.75 Å². The molecule has 0 aromatic heterocycles. The molecule has 0 aliphatic rings. The fraction of sp³-hybridized carbons (Fsp3) is 0.0667. The van der Waals surface area contributed by atoms with E-state index < -0.39 is 11.8 Å². The molecule has 20 heavy (non-hydrogen) atoms. The standard InChI is InChI=1S/C15H14N2O3/c1-10-4-2-3-5-13(10)17-15(20)14(19)16-11-6-8-12(18)9-7-11/h2-9,18H,1H3,(H,16,19)(H,17,20). The van der Waals surface area contributed by atoms with Gasteiger partial charge in [0.05, 0.1) is 0 Å². The van der Waals surface area contributed by atoms with Crippen molar-refractivity contribution in [1.82, 2.24) is 0 Å². The fourth-order valence-corrected chi connectivity index (χ4v) is 1.62. The normalized spacial score (nSPS) is 9.85. The highest BCUT2D eigenvalue weighted by molar-refractivity contribution is 6.43. The number of carbonyl (C=O) groups is 2. The molecule has 0 fully saturated rings. The summed E-state index contributed by atoms with van der Waals surface area (Å²) in [6.07, 6.45) is 0. The molecule has 0 unspecified atom stereocenters. The quantitative estimate of drug-likeness (QED) is 0.578. The van der Waals surface area contributed by atoms with E-state index in [9.17, 15) is 9.59 Å². The van der Waals surface area contributed by atoms with Gasteiger partial charge in [0, 0.05) is 11.4 Å². The van der Waals surface area contributed by atoms with Gasteiger partial charge in [0.2, 0.25) is 0 Å². The maximum atomic E-state index is 11.8. The van der Waals surface area contributed by atoms with Gasteiger partial charge in [0.15, 0.2) is 0 Å². The summed E-state index contributed by atoms with van der Waals surface area (Å²) in [5.74, 6) is -1.42. The molecule has 0 saturated carbocycles. The number of carbonyl (C=O) groups excluding carboxylic acids is 2. The Morgan fingerprint density at radius 2 is 1.50 bits per heavy atom. The van der Waals surface area contributed by atoms with Gasteiger partial charge < -0.3 is 15.7 Å². The first kappa shape index (κ1) is 13.6. The summed E-state index contributed by atoms with van der Waals surface area (Å²) in [6.45, 7) is 1.84. The van der Waals surface area contributed by atoms with Crippen molar-refractivity contribution in [1.29, 1.82) is 0 Å². The molecule has 0 aliphatic heterocycles. The Kier molecular flexibility index (Phi) is 4.00. The van der Waals surface area contributed by atoms with E-state index in [2.05, 4.69) is 10.6 Å². The molecule has 102 valence electrons. The van der Waals surface area contributed by atoms with E-state index in [1.165, 1.54) is 24.3 Å². The molecule has 0 spiro atoms. The third-order valence-corrected chi connectivity index (χ3v) is 2.72. The number of hydrogen-bond acceptors (Lipinski definition) is 3. The summed E-state index contributed by atoms with van der Waals surface area (Å²) in [6, 6.07) is 13.1. The van der Waals surface area contributed by atoms with Crippen molar-refractivity contribution in [3.63, 3.8) is 0 Å². The molecule has 2 aromatic carbocycles. The van der Waals surface area contributed by atoms with Crippen LogP contribution in [-0.2, 0) is 9.59 Å². The predicted octanol–water partition coefficient (Wildman–Crippen LogP) is 2.28. The minimum Gasteiger partial charge on any atom is -0.508 e. The third kappa shape index (κ3) is 3.35. The van der Waals surface area contributed by atoms with Crippen LogP contribution in [0.5, 0.6) is 5.75 Å². The topological polar surface area (TPSA) is 78.4 Å². The van der Waals surface area contributed by atoms with Crippen LogP contribution in [0.25, 0.3) is 0 Å². The lowest BCUT2D eigenvalue weighted by atomic mass is 10.2. The van der Waals surface area contributed by atoms with Crippen molar-refractivity contribution in [2.24, 2.45) is 0 Å². The lowest BCUT2D eigenvalue weighted by Gasteiger charge is -2.08. The number of para-hydroxylation sites is 1. The largest absolute Gasteiger partial charge is 0.508 e. The van der Waals surface area contributed by atoms with E-state index in [1.807, 2.05) is 19.1 Å². The summed E-state index contributed by atoms with van der Waals surface area (Å²) in [5, 5.41) is 14.1. The van der Waals surface area contributed by atoms with Crippen molar-refractivity contribution in [2.45, 2.75) is 6.92 Å². The number of amides is 2. The number of aromatic hydroxyl groups is 1. The zero-order valence-corrected chi connectivity index (χ0v) is 10.9. The minimum atomic E-state index is -0.765. The Balaban J connectivity index is 2.01. The Morgan fingerprint density at radius 1 is 0.900 bits per heavy atom. The van der Waals surface area contributed by atoms with Gasteiger partial charge in [-0.15, -0.1) is 0 Å². The molecule has 0 saturated heterocycles. The SMILES string of the molecule is Cc1ccccc1NC(=O)C(=O)Nc1ccc(O)cc1. The molecule has 0 heterocycles. The second-order valence-corrected chi connectivity index (χ2v) is 4.27. The van der Waals surface area contributed by atoms with Crippen molar-refractivity contribution in [3.8, 4) is 5.75 Å². The van der Waals surface area contributed by atoms with Crippen LogP contribution in [0, 0.1) is 6.92 Å². The Labute approximate surface area is 116 Å². The number of benzene rings is 2. The van der Waals surface area contributed by atoms with Crippen molar-refractivity contribution >= 4 is 23.2 Å². The third-order valence-electron chi connectivity index (χ3n) is 2.72. The number of rotatable bonds is 2. The van der Waals surface area contributed by atoms with Crippen LogP contribution >= 0.6 is 0 Å². The molecule has 5 heteroatoms. The molecular formula is C15H14N2O3. The van der Waals surface area contributed by atoms with Crippen LogP contribution in [-0.4, -0.2) is 16.9 Å². The first-order chi connectivity index (χ1) is 9.56. The number of nitrogens with one attached hydrogen (secondary N) is 2. The average molecular weight is 270 g/mol. The highest BCUT2D eigenvalue weighted by Crippen LogP contribution is 2.15. The molecule has 2 amide bonds. The van der Waals surface area contributed by atoms with E-state index in [1.54, 1.807) is 12.1 Å². The van der Waals surface area contributed by atoms with Gasteiger partial charge >= 0.3 is 11.8 Å². The number of aryl methyl sites for hydroxylation is 1. The highest BCUT2D eigenvalue weighted by Gasteiger charge is 2.14. The second-order valence-electron chi connectivity index (χ2n) is 4.27. The Morgan fingerprint density at radius 3 is 2.15 bits per heavy atom. The molecule has 2 rings (SSSR count). The maximum Gasteiger partial charge on any atom is 0.314 e. The van der Waals surface area contributed by atoms with E-state index >= 15 is 0 Å². The molecule has 0 bridgehead atoms. The number of hydrogen-bond donors (Lipinski definition) is 3. The van der Waals surface area contributed by atoms with Crippen molar-refractivity contribution in [2.75, 3.05) is 10.6 Å². The van der Waals surface area contributed by atoms with Gasteiger partial charge in [-0.2, -0.15) is 0 Å². The van der Waals surface area contributed by atoms with Crippen LogP contribution in [0.4, 0.5) is 11.4 Å². The molecule has 5 nitrogen and oxygen atoms in total. The Bertz CT molecular complexity index is 636. The first-order valence-electron chi connectivity index (χ1n) is 6.03. The zero-order chi connectivity index (χ0) is 14.5. The van der Waals surface area contributed by atoms with Crippen LogP contribution in [0.3, 0.4) is 0 Å². The van der Waals surface area contributed by atoms with Crippen molar-refractivity contribution in [3.05, 3.63) is 54.1 Å². The van der Waals surface area contributed by atoms with Crippen LogP contribution < -0.4 is 10.6 Å². The second kappa shape index (κ2) is 5.88. The highest BCUT2D eigenvalue weighted by atomic mass is 16.3. The summed E-state index contributed by atoms with van der Waals surface area (Å²) < 4.78 is 0. The molecule has 0 aliphatic carbocycles. The van der Waals surface area contributed by atoms with Gasteiger partial charge in [0.25, 0.3) is 0 Å². The van der Waals surface area contributed by atoms with E-state index in [0.717, 1.165) is 5.56 Å². The number of phenols is 1. The van der Waals surface area contributed by atoms with Crippen molar-refractivity contribution < 1.29 is 14.7 Å². The van der Waals surface area contributed by atoms with E-state index in [4.69, 9.17) is 5.11 Å². The number of anilines is 2. The summed E-state index contributed by atoms with van der Waals surface area (Å²) in [5.41, 5.74) is 1.91. The first-order valence-corrected chi connectivity index (χ1v) is 6.03. The molecule has 3 N–H and O–H groups in total. The molecule has 0 radical (unpaired) electrons.